The summed E-state index contributed by atoms with van der Waals surface area (Å²) in [5, 5.41) is 12.1. The maximum Gasteiger partial charge on any atom is 0.237 e. The fraction of sp³-hybridized carbons (Fsp3) is 0.660. The van der Waals surface area contributed by atoms with Gasteiger partial charge in [-0.1, -0.05) is 79.9 Å². The van der Waals surface area contributed by atoms with E-state index in [1.807, 2.05) is 33.0 Å². The number of carbonyl (C=O) groups excluding carboxylic acids is 5. The average molecular weight is 839 g/mol. The third kappa shape index (κ3) is 9.06. The van der Waals surface area contributed by atoms with E-state index in [4.69, 9.17) is 11.5 Å². The lowest BCUT2D eigenvalue weighted by Crippen LogP contribution is -2.60. The number of ketones is 1. The summed E-state index contributed by atoms with van der Waals surface area (Å²) in [5.74, 6) is -1.85. The van der Waals surface area contributed by atoms with Crippen molar-refractivity contribution in [2.45, 2.75) is 161 Å². The number of nitrogens with two attached hydrogens (primary N) is 2. The Labute approximate surface area is 364 Å². The average Bonchev–Trinajstić information content (AvgIpc) is 3.21. The van der Waals surface area contributed by atoms with E-state index in [0.29, 0.717) is 18.5 Å². The van der Waals surface area contributed by atoms with Gasteiger partial charge in [-0.05, 0) is 153 Å². The highest BCUT2D eigenvalue weighted by atomic mass is 16.2. The first-order valence-corrected chi connectivity index (χ1v) is 23.2. The summed E-state index contributed by atoms with van der Waals surface area (Å²) in [5.41, 5.74) is 16.8. The molecule has 11 nitrogen and oxygen atoms in total. The summed E-state index contributed by atoms with van der Waals surface area (Å²) in [6.45, 7) is 15.0. The van der Waals surface area contributed by atoms with E-state index in [2.05, 4.69) is 73.2 Å². The fourth-order valence-electron chi connectivity index (χ4n) is 12.4. The highest BCUT2D eigenvalue weighted by Crippen LogP contribution is 2.59. The fourth-order valence-corrected chi connectivity index (χ4v) is 12.4. The molecule has 0 heterocycles. The highest BCUT2D eigenvalue weighted by molar-refractivity contribution is 6.01. The van der Waals surface area contributed by atoms with Gasteiger partial charge in [-0.3, -0.25) is 29.3 Å². The van der Waals surface area contributed by atoms with Gasteiger partial charge in [-0.15, -0.1) is 0 Å². The molecule has 11 heteroatoms. The van der Waals surface area contributed by atoms with Crippen LogP contribution >= 0.6 is 0 Å². The standard InChI is InChI=1S/C50H74N6O5/c1-30(2)42(55-44(59)38(52)13-9-10-26-53-8)39(57)27-31(3)43(58)54-35-19-15-33-17-21-41-48(5,37(33)29-35)23-12-25-50(41,7)46(61)56-45(60)49(6)24-11-22-47(4)36-28-34(51)18-14-32(36)16-20-40(47)49/h14-15,18-19,28-31,38,40-42,53H,9-13,16-17,20-27,51-52H2,1-8H3,(H,54,58)(H,55,59)(H,56,60,61)/t31-,38-,40-,41-,42+,47-,48-,49+,50+/m1/s1. The number of unbranched alkanes of at least 4 members (excludes halogenated alkanes) is 1. The number of rotatable bonds is 15. The van der Waals surface area contributed by atoms with Crippen molar-refractivity contribution >= 4 is 40.8 Å². The van der Waals surface area contributed by atoms with Crippen LogP contribution in [0.15, 0.2) is 36.4 Å². The third-order valence-electron chi connectivity index (χ3n) is 16.1. The molecule has 8 N–H and O–H groups in total. The number of amides is 4. The molecule has 2 fully saturated rings. The molecule has 0 unspecified atom stereocenters. The van der Waals surface area contributed by atoms with E-state index in [9.17, 15) is 24.0 Å². The van der Waals surface area contributed by atoms with Crippen molar-refractivity contribution in [1.29, 1.82) is 0 Å². The minimum Gasteiger partial charge on any atom is -0.399 e. The van der Waals surface area contributed by atoms with Gasteiger partial charge in [0.1, 0.15) is 0 Å². The van der Waals surface area contributed by atoms with Crippen LogP contribution in [0.5, 0.6) is 0 Å². The lowest BCUT2D eigenvalue weighted by molar-refractivity contribution is -0.150. The molecule has 0 bridgehead atoms. The topological polar surface area (TPSA) is 186 Å². The van der Waals surface area contributed by atoms with Crippen LogP contribution in [0.1, 0.15) is 148 Å². The number of carbonyl (C=O) groups is 5. The maximum absolute atomic E-state index is 14.7. The molecule has 2 saturated carbocycles. The zero-order chi connectivity index (χ0) is 44.5. The van der Waals surface area contributed by atoms with Crippen molar-refractivity contribution in [1.82, 2.24) is 16.0 Å². The van der Waals surface area contributed by atoms with Gasteiger partial charge >= 0.3 is 0 Å². The SMILES string of the molecule is CNCCCC[C@@H](N)C(=O)N[C@H](C(=O)C[C@@H](C)C(=O)Nc1ccc2c(c1)[C@@]1(C)CCC[C@](C)(C(=O)NC(=O)[C@@]3(C)CCC[C@]4(C)c5cc(N)ccc5CC[C@@H]34)[C@@H]1CC2)C(C)C. The van der Waals surface area contributed by atoms with E-state index in [0.717, 1.165) is 88.4 Å². The van der Waals surface area contributed by atoms with Gasteiger partial charge in [0.2, 0.25) is 23.6 Å². The quantitative estimate of drug-likeness (QED) is 0.0628. The number of hydrogen-bond acceptors (Lipinski definition) is 8. The Balaban J connectivity index is 1.12. The van der Waals surface area contributed by atoms with E-state index < -0.39 is 28.8 Å². The molecule has 2 aromatic rings. The van der Waals surface area contributed by atoms with Gasteiger partial charge in [0.15, 0.2) is 5.78 Å². The lowest BCUT2D eigenvalue weighted by atomic mass is 9.49. The Kier molecular flexibility index (Phi) is 13.9. The van der Waals surface area contributed by atoms with Crippen molar-refractivity contribution in [3.05, 3.63) is 58.7 Å². The third-order valence-corrected chi connectivity index (χ3v) is 16.1. The molecule has 4 aliphatic carbocycles. The number of fused-ring (bicyclic) bond motifs is 6. The van der Waals surface area contributed by atoms with E-state index in [-0.39, 0.29) is 64.4 Å². The summed E-state index contributed by atoms with van der Waals surface area (Å²) in [7, 11) is 1.88. The first-order valence-electron chi connectivity index (χ1n) is 23.2. The largest absolute Gasteiger partial charge is 0.399 e. The number of nitrogens with one attached hydrogen (secondary N) is 4. The second kappa shape index (κ2) is 18.3. The van der Waals surface area contributed by atoms with Crippen LogP contribution in [0.2, 0.25) is 0 Å². The van der Waals surface area contributed by atoms with Gasteiger partial charge in [-0.25, -0.2) is 0 Å². The number of imide groups is 1. The Morgan fingerprint density at radius 1 is 0.754 bits per heavy atom. The van der Waals surface area contributed by atoms with Crippen LogP contribution in [0.3, 0.4) is 0 Å². The Hall–Kier alpha value is -4.09. The minimum absolute atomic E-state index is 0.00449. The van der Waals surface area contributed by atoms with Crippen molar-refractivity contribution in [2.24, 2.45) is 40.2 Å². The molecule has 9 atom stereocenters. The Morgan fingerprint density at radius 2 is 1.31 bits per heavy atom. The predicted octanol–water partition coefficient (Wildman–Crippen LogP) is 7.02. The number of nitrogen functional groups attached to an aromatic ring is 1. The van der Waals surface area contributed by atoms with Gasteiger partial charge in [-0.2, -0.15) is 0 Å². The number of anilines is 2. The molecule has 0 aromatic heterocycles. The maximum atomic E-state index is 14.7. The lowest BCUT2D eigenvalue weighted by Gasteiger charge is -2.56. The minimum atomic E-state index is -0.755. The van der Waals surface area contributed by atoms with Gasteiger partial charge in [0, 0.05) is 23.7 Å². The molecule has 0 aliphatic heterocycles. The Morgan fingerprint density at radius 3 is 1.87 bits per heavy atom. The van der Waals surface area contributed by atoms with Crippen LogP contribution in [0, 0.1) is 34.5 Å². The van der Waals surface area contributed by atoms with Crippen molar-refractivity contribution in [2.75, 3.05) is 24.6 Å². The van der Waals surface area contributed by atoms with Crippen molar-refractivity contribution in [3.63, 3.8) is 0 Å². The zero-order valence-corrected chi connectivity index (χ0v) is 38.2. The molecule has 2 aromatic carbocycles. The molecule has 4 aliphatic rings. The van der Waals surface area contributed by atoms with E-state index in [1.54, 1.807) is 6.92 Å². The Bertz CT molecular complexity index is 2000. The number of benzene rings is 2. The summed E-state index contributed by atoms with van der Waals surface area (Å²) in [6, 6.07) is 10.9. The van der Waals surface area contributed by atoms with Crippen LogP contribution in [0.4, 0.5) is 11.4 Å². The molecule has 61 heavy (non-hydrogen) atoms. The molecule has 334 valence electrons. The summed E-state index contributed by atoms with van der Waals surface area (Å²) in [6.07, 6.45) is 10.7. The van der Waals surface area contributed by atoms with Crippen molar-refractivity contribution in [3.8, 4) is 0 Å². The number of aryl methyl sites for hydroxylation is 2. The molecule has 6 rings (SSSR count). The summed E-state index contributed by atoms with van der Waals surface area (Å²) >= 11 is 0. The van der Waals surface area contributed by atoms with Crippen LogP contribution < -0.4 is 32.7 Å². The zero-order valence-electron chi connectivity index (χ0n) is 38.2. The van der Waals surface area contributed by atoms with E-state index in [1.165, 1.54) is 16.7 Å². The molecule has 0 radical (unpaired) electrons. The highest BCUT2D eigenvalue weighted by Gasteiger charge is 2.58. The molecule has 0 spiro atoms. The van der Waals surface area contributed by atoms with Crippen LogP contribution in [-0.4, -0.2) is 55.1 Å². The molecular formula is C50H74N6O5. The van der Waals surface area contributed by atoms with Gasteiger partial charge in [0.25, 0.3) is 0 Å². The predicted molar refractivity (Wildman–Crippen MR) is 243 cm³/mol. The molecule has 0 saturated heterocycles. The van der Waals surface area contributed by atoms with Gasteiger partial charge < -0.3 is 27.4 Å². The molecular weight excluding hydrogens is 765 g/mol. The molecule has 4 amide bonds. The second-order valence-corrected chi connectivity index (χ2v) is 20.6. The normalized spacial score (nSPS) is 29.4. The van der Waals surface area contributed by atoms with Gasteiger partial charge in [0.05, 0.1) is 22.9 Å². The first-order chi connectivity index (χ1) is 28.8. The number of hydrogen-bond donors (Lipinski definition) is 6. The van der Waals surface area contributed by atoms with Crippen LogP contribution in [0.25, 0.3) is 0 Å². The summed E-state index contributed by atoms with van der Waals surface area (Å²) in [4.78, 5) is 69.3. The van der Waals surface area contributed by atoms with Crippen molar-refractivity contribution < 1.29 is 24.0 Å². The van der Waals surface area contributed by atoms with E-state index >= 15 is 0 Å². The van der Waals surface area contributed by atoms with Crippen LogP contribution in [-0.2, 0) is 47.6 Å². The second-order valence-electron chi connectivity index (χ2n) is 20.6. The number of Topliss-reactive ketones (excluding diaryl/α,β-unsaturated/α-hetero) is 1. The smallest absolute Gasteiger partial charge is 0.237 e. The first kappa shape index (κ1) is 46.4. The monoisotopic (exact) mass is 839 g/mol. The summed E-state index contributed by atoms with van der Waals surface area (Å²) < 4.78 is 0.